The standard InChI is InChI=1S/C35H41FN2O7/c1-34(2,3)13-9-12-19-16-23(45-17-18-10-7-6-8-11-18)25-21(27(19)36)14-20-15-22-28(38(4)5)30(40)26(33(37)43)32(42)35(22,44)31(41)24(20)29(25)39/h6-8,10-11,16,20,22,28,39,42,44H,9,12-15,17H2,1-5H3,(H2,37,43)/t20-,22-,28-,35-/m0/s1. The topological polar surface area (TPSA) is 150 Å². The SMILES string of the molecule is CN(C)[C@@H]1C(=O)C(C(N)=O)=C(O)[C@@]2(O)C(=O)C3=C(O)c4c(OCc5ccccc5)cc(CCCC(C)(C)C)c(F)c4C[C@H]3C[C@@H]12. The van der Waals surface area contributed by atoms with E-state index >= 15 is 4.39 Å². The number of aliphatic hydroxyl groups is 3. The van der Waals surface area contributed by atoms with Gasteiger partial charge in [-0.2, -0.15) is 0 Å². The van der Waals surface area contributed by atoms with Crippen LogP contribution in [-0.2, 0) is 33.8 Å². The molecule has 0 radical (unpaired) electrons. The molecule has 240 valence electrons. The zero-order chi connectivity index (χ0) is 33.0. The lowest BCUT2D eigenvalue weighted by atomic mass is 9.57. The molecule has 4 atom stereocenters. The van der Waals surface area contributed by atoms with Gasteiger partial charge in [0.25, 0.3) is 5.91 Å². The van der Waals surface area contributed by atoms with Gasteiger partial charge < -0.3 is 25.8 Å². The summed E-state index contributed by atoms with van der Waals surface area (Å²) in [4.78, 5) is 41.2. The molecule has 0 unspecified atom stereocenters. The van der Waals surface area contributed by atoms with E-state index < -0.39 is 63.9 Å². The van der Waals surface area contributed by atoms with Gasteiger partial charge in [0.2, 0.25) is 5.78 Å². The number of carbonyl (C=O) groups is 3. The second-order valence-corrected chi connectivity index (χ2v) is 13.9. The molecule has 0 spiro atoms. The summed E-state index contributed by atoms with van der Waals surface area (Å²) in [5.41, 5.74) is 3.17. The van der Waals surface area contributed by atoms with Crippen LogP contribution in [0.1, 0.15) is 62.3 Å². The minimum absolute atomic E-state index is 0.00478. The number of Topliss-reactive ketones (excluding diaryl/α,β-unsaturated/α-hetero) is 2. The highest BCUT2D eigenvalue weighted by atomic mass is 19.1. The number of ketones is 2. The predicted octanol–water partition coefficient (Wildman–Crippen LogP) is 4.35. The molecule has 45 heavy (non-hydrogen) atoms. The number of amides is 1. The first-order valence-corrected chi connectivity index (χ1v) is 15.2. The number of ether oxygens (including phenoxy) is 1. The van der Waals surface area contributed by atoms with Crippen molar-refractivity contribution < 1.29 is 38.8 Å². The fourth-order valence-electron chi connectivity index (χ4n) is 7.17. The lowest BCUT2D eigenvalue weighted by molar-refractivity contribution is -0.153. The third kappa shape index (κ3) is 5.55. The lowest BCUT2D eigenvalue weighted by Crippen LogP contribution is -2.65. The average Bonchev–Trinajstić information content (AvgIpc) is 2.95. The fraction of sp³-hybridized carbons (Fsp3) is 0.457. The van der Waals surface area contributed by atoms with Gasteiger partial charge >= 0.3 is 0 Å². The van der Waals surface area contributed by atoms with E-state index in [0.29, 0.717) is 12.0 Å². The van der Waals surface area contributed by atoms with E-state index in [1.54, 1.807) is 20.2 Å². The van der Waals surface area contributed by atoms with Crippen molar-refractivity contribution in [2.75, 3.05) is 14.1 Å². The van der Waals surface area contributed by atoms with Crippen LogP contribution in [0.25, 0.3) is 5.76 Å². The van der Waals surface area contributed by atoms with E-state index in [-0.39, 0.29) is 47.3 Å². The van der Waals surface area contributed by atoms with Crippen LogP contribution < -0.4 is 10.5 Å². The summed E-state index contributed by atoms with van der Waals surface area (Å²) in [7, 11) is 3.10. The summed E-state index contributed by atoms with van der Waals surface area (Å²) in [6, 6.07) is 9.70. The molecular weight excluding hydrogens is 579 g/mol. The molecular formula is C35H41FN2O7. The summed E-state index contributed by atoms with van der Waals surface area (Å²) < 4.78 is 22.5. The third-order valence-corrected chi connectivity index (χ3v) is 9.32. The van der Waals surface area contributed by atoms with E-state index in [9.17, 15) is 29.7 Å². The molecule has 0 saturated heterocycles. The van der Waals surface area contributed by atoms with Gasteiger partial charge in [0.05, 0.1) is 11.6 Å². The molecule has 2 aromatic rings. The number of likely N-dealkylation sites (N-methyl/N-ethyl adjacent to an activating group) is 1. The van der Waals surface area contributed by atoms with Crippen LogP contribution in [-0.4, -0.2) is 63.4 Å². The highest BCUT2D eigenvalue weighted by molar-refractivity contribution is 6.24. The molecule has 9 nitrogen and oxygen atoms in total. The third-order valence-electron chi connectivity index (χ3n) is 9.32. The van der Waals surface area contributed by atoms with Gasteiger partial charge in [-0.25, -0.2) is 4.39 Å². The summed E-state index contributed by atoms with van der Waals surface area (Å²) in [5, 5.41) is 34.7. The Labute approximate surface area is 262 Å². The first kappa shape index (κ1) is 32.4. The van der Waals surface area contributed by atoms with Crippen molar-refractivity contribution in [3.05, 3.63) is 81.4 Å². The number of aliphatic hydroxyl groups excluding tert-OH is 2. The van der Waals surface area contributed by atoms with Gasteiger partial charge in [0.1, 0.15) is 35.3 Å². The zero-order valence-corrected chi connectivity index (χ0v) is 26.3. The second kappa shape index (κ2) is 11.7. The second-order valence-electron chi connectivity index (χ2n) is 13.9. The van der Waals surface area contributed by atoms with Gasteiger partial charge in [0, 0.05) is 17.1 Å². The predicted molar refractivity (Wildman–Crippen MR) is 166 cm³/mol. The molecule has 0 bridgehead atoms. The van der Waals surface area contributed by atoms with Crippen molar-refractivity contribution in [1.82, 2.24) is 4.90 Å². The molecule has 3 aliphatic rings. The van der Waals surface area contributed by atoms with Crippen molar-refractivity contribution in [3.8, 4) is 5.75 Å². The molecule has 1 saturated carbocycles. The Morgan fingerprint density at radius 2 is 1.82 bits per heavy atom. The molecule has 5 rings (SSSR count). The number of nitrogens with two attached hydrogens (primary N) is 1. The van der Waals surface area contributed by atoms with Gasteiger partial charge in [-0.05, 0) is 74.7 Å². The van der Waals surface area contributed by atoms with Crippen molar-refractivity contribution in [2.45, 2.75) is 71.1 Å². The zero-order valence-electron chi connectivity index (χ0n) is 26.3. The molecule has 1 amide bonds. The van der Waals surface area contributed by atoms with E-state index in [2.05, 4.69) is 20.8 Å². The van der Waals surface area contributed by atoms with Gasteiger partial charge in [0.15, 0.2) is 11.4 Å². The van der Waals surface area contributed by atoms with Crippen LogP contribution in [0.2, 0.25) is 0 Å². The number of nitrogens with zero attached hydrogens (tertiary/aromatic N) is 1. The molecule has 2 aromatic carbocycles. The molecule has 3 aliphatic carbocycles. The number of rotatable bonds is 8. The minimum Gasteiger partial charge on any atom is -0.508 e. The first-order chi connectivity index (χ1) is 21.1. The Bertz CT molecular complexity index is 1620. The number of fused-ring (bicyclic) bond motifs is 3. The number of primary amides is 1. The minimum atomic E-state index is -2.71. The summed E-state index contributed by atoms with van der Waals surface area (Å²) in [6.07, 6.45) is 1.96. The average molecular weight is 621 g/mol. The first-order valence-electron chi connectivity index (χ1n) is 15.2. The highest BCUT2D eigenvalue weighted by Crippen LogP contribution is 2.53. The number of hydrogen-bond donors (Lipinski definition) is 4. The smallest absolute Gasteiger partial charge is 0.255 e. The van der Waals surface area contributed by atoms with E-state index in [1.807, 2.05) is 30.3 Å². The number of carbonyl (C=O) groups excluding carboxylic acids is 3. The molecule has 0 aromatic heterocycles. The maximum Gasteiger partial charge on any atom is 0.255 e. The Hall–Kier alpha value is -4.02. The highest BCUT2D eigenvalue weighted by Gasteiger charge is 2.64. The summed E-state index contributed by atoms with van der Waals surface area (Å²) in [6.45, 7) is 6.47. The van der Waals surface area contributed by atoms with E-state index in [0.717, 1.165) is 18.4 Å². The van der Waals surface area contributed by atoms with Crippen molar-refractivity contribution in [1.29, 1.82) is 0 Å². The Morgan fingerprint density at radius 1 is 1.16 bits per heavy atom. The van der Waals surface area contributed by atoms with Gasteiger partial charge in [-0.15, -0.1) is 0 Å². The van der Waals surface area contributed by atoms with Crippen LogP contribution in [0, 0.1) is 23.1 Å². The van der Waals surface area contributed by atoms with Gasteiger partial charge in [-0.1, -0.05) is 51.1 Å². The summed E-state index contributed by atoms with van der Waals surface area (Å²) >= 11 is 0. The number of halogens is 1. The number of hydrogen-bond acceptors (Lipinski definition) is 8. The molecule has 0 heterocycles. The van der Waals surface area contributed by atoms with Crippen LogP contribution >= 0.6 is 0 Å². The van der Waals surface area contributed by atoms with Crippen LogP contribution in [0.4, 0.5) is 4.39 Å². The van der Waals surface area contributed by atoms with Crippen LogP contribution in [0.5, 0.6) is 5.75 Å². The normalized spacial score (nSPS) is 24.8. The molecule has 1 fully saturated rings. The Balaban J connectivity index is 1.65. The molecule has 5 N–H and O–H groups in total. The molecule has 0 aliphatic heterocycles. The maximum atomic E-state index is 16.3. The van der Waals surface area contributed by atoms with Crippen molar-refractivity contribution in [2.24, 2.45) is 23.0 Å². The quantitative estimate of drug-likeness (QED) is 0.318. The van der Waals surface area contributed by atoms with Crippen LogP contribution in [0.3, 0.4) is 0 Å². The molecule has 10 heteroatoms. The van der Waals surface area contributed by atoms with E-state index in [4.69, 9.17) is 10.5 Å². The van der Waals surface area contributed by atoms with Crippen molar-refractivity contribution >= 4 is 23.2 Å². The largest absolute Gasteiger partial charge is 0.508 e. The lowest BCUT2D eigenvalue weighted by Gasteiger charge is -2.50. The maximum absolute atomic E-state index is 16.3. The van der Waals surface area contributed by atoms with Crippen LogP contribution in [0.15, 0.2) is 53.3 Å². The van der Waals surface area contributed by atoms with Crippen molar-refractivity contribution in [3.63, 3.8) is 0 Å². The Morgan fingerprint density at radius 3 is 2.42 bits per heavy atom. The monoisotopic (exact) mass is 620 g/mol. The summed E-state index contributed by atoms with van der Waals surface area (Å²) in [5.74, 6) is -7.13. The van der Waals surface area contributed by atoms with Gasteiger partial charge in [-0.3, -0.25) is 19.3 Å². The number of aryl methyl sites for hydroxylation is 1. The Kier molecular flexibility index (Phi) is 8.44. The van der Waals surface area contributed by atoms with E-state index in [1.165, 1.54) is 4.90 Å². The number of benzene rings is 2. The fourth-order valence-corrected chi connectivity index (χ4v) is 7.17.